The Labute approximate surface area is 192 Å². The average Bonchev–Trinajstić information content (AvgIpc) is 3.24. The zero-order valence-corrected chi connectivity index (χ0v) is 18.4. The van der Waals surface area contributed by atoms with Crippen LogP contribution in [0.1, 0.15) is 35.3 Å². The second-order valence-electron chi connectivity index (χ2n) is 7.18. The Balaban J connectivity index is 1.75. The van der Waals surface area contributed by atoms with E-state index in [1.165, 1.54) is 23.0 Å². The zero-order valence-electron chi connectivity index (χ0n) is 17.7. The van der Waals surface area contributed by atoms with Gasteiger partial charge < -0.3 is 10.6 Å². The minimum absolute atomic E-state index is 0.0166. The molecule has 33 heavy (non-hydrogen) atoms. The number of halogens is 4. The van der Waals surface area contributed by atoms with E-state index in [1.807, 2.05) is 0 Å². The van der Waals surface area contributed by atoms with Crippen LogP contribution in [0.15, 0.2) is 42.5 Å². The van der Waals surface area contributed by atoms with Crippen molar-refractivity contribution in [2.45, 2.75) is 32.5 Å². The highest BCUT2D eigenvalue weighted by atomic mass is 35.5. The topological polar surface area (TPSA) is 102 Å². The number of aromatic nitrogens is 4. The van der Waals surface area contributed by atoms with Crippen LogP contribution in [0.25, 0.3) is 11.4 Å². The molecule has 1 atom stereocenters. The number of benzene rings is 2. The first kappa shape index (κ1) is 24.2. The first-order valence-corrected chi connectivity index (χ1v) is 10.3. The van der Waals surface area contributed by atoms with Crippen LogP contribution in [0.2, 0.25) is 5.02 Å². The molecule has 0 saturated carbocycles. The van der Waals surface area contributed by atoms with Gasteiger partial charge in [0.2, 0.25) is 5.82 Å². The molecule has 2 N–H and O–H groups in total. The second-order valence-corrected chi connectivity index (χ2v) is 7.62. The summed E-state index contributed by atoms with van der Waals surface area (Å²) < 4.78 is 37.1. The van der Waals surface area contributed by atoms with Crippen LogP contribution in [0.4, 0.5) is 18.9 Å². The van der Waals surface area contributed by atoms with Crippen LogP contribution in [-0.2, 0) is 4.79 Å². The number of hydrogen-bond donors (Lipinski definition) is 2. The van der Waals surface area contributed by atoms with E-state index in [-0.39, 0.29) is 11.3 Å². The van der Waals surface area contributed by atoms with Gasteiger partial charge in [-0.05, 0) is 60.5 Å². The summed E-state index contributed by atoms with van der Waals surface area (Å²) >= 11 is 5.89. The van der Waals surface area contributed by atoms with Crippen LogP contribution in [-0.4, -0.2) is 44.7 Å². The summed E-state index contributed by atoms with van der Waals surface area (Å²) in [6.07, 6.45) is -4.19. The molecule has 12 heteroatoms. The lowest BCUT2D eigenvalue weighted by Crippen LogP contribution is -2.33. The van der Waals surface area contributed by atoms with Gasteiger partial charge >= 0.3 is 6.18 Å². The minimum Gasteiger partial charge on any atom is -0.343 e. The van der Waals surface area contributed by atoms with Crippen molar-refractivity contribution in [2.24, 2.45) is 0 Å². The van der Waals surface area contributed by atoms with E-state index >= 15 is 0 Å². The highest BCUT2D eigenvalue weighted by molar-refractivity contribution is 6.30. The summed E-state index contributed by atoms with van der Waals surface area (Å²) in [4.78, 5) is 26.2. The van der Waals surface area contributed by atoms with Crippen molar-refractivity contribution in [2.75, 3.05) is 11.9 Å². The quantitative estimate of drug-likeness (QED) is 0.528. The smallest absolute Gasteiger partial charge is 0.343 e. The lowest BCUT2D eigenvalue weighted by Gasteiger charge is -2.16. The van der Waals surface area contributed by atoms with Crippen LogP contribution >= 0.6 is 11.6 Å². The van der Waals surface area contributed by atoms with Crippen molar-refractivity contribution in [3.63, 3.8) is 0 Å². The summed E-state index contributed by atoms with van der Waals surface area (Å²) in [6.45, 7) is 2.01. The number of hydrogen-bond acceptors (Lipinski definition) is 5. The number of anilines is 1. The van der Waals surface area contributed by atoms with Crippen molar-refractivity contribution in [3.05, 3.63) is 58.6 Å². The number of tetrazole rings is 1. The molecule has 0 saturated heterocycles. The standard InChI is InChI=1S/C21H20ClF3N6O2/c1-3-17(31-29-18(28-30-31)13-6-8-15(22)9-7-13)20(33)27-16-10-14(5-4-12(16)2)19(32)26-11-21(23,24)25/h4-10,17H,3,11H2,1-2H3,(H,26,32)(H,27,33). The molecule has 0 spiro atoms. The second kappa shape index (κ2) is 9.99. The van der Waals surface area contributed by atoms with E-state index in [1.54, 1.807) is 43.4 Å². The van der Waals surface area contributed by atoms with Crippen molar-refractivity contribution in [1.82, 2.24) is 25.5 Å². The molecule has 1 unspecified atom stereocenters. The Hall–Kier alpha value is -3.47. The lowest BCUT2D eigenvalue weighted by molar-refractivity contribution is -0.123. The first-order valence-electron chi connectivity index (χ1n) is 9.89. The van der Waals surface area contributed by atoms with Gasteiger partial charge in [0, 0.05) is 21.8 Å². The van der Waals surface area contributed by atoms with E-state index in [2.05, 4.69) is 20.7 Å². The molecule has 0 aliphatic carbocycles. The zero-order chi connectivity index (χ0) is 24.2. The molecule has 0 fully saturated rings. The van der Waals surface area contributed by atoms with Gasteiger partial charge in [0.1, 0.15) is 6.54 Å². The third kappa shape index (κ3) is 6.28. The fourth-order valence-corrected chi connectivity index (χ4v) is 3.05. The van der Waals surface area contributed by atoms with E-state index in [4.69, 9.17) is 11.6 Å². The number of nitrogens with zero attached hydrogens (tertiary/aromatic N) is 4. The van der Waals surface area contributed by atoms with Gasteiger partial charge in [0.15, 0.2) is 6.04 Å². The molecule has 2 aromatic carbocycles. The molecule has 0 aliphatic rings. The number of carbonyl (C=O) groups is 2. The van der Waals surface area contributed by atoms with E-state index in [9.17, 15) is 22.8 Å². The van der Waals surface area contributed by atoms with Gasteiger partial charge in [0.25, 0.3) is 11.8 Å². The van der Waals surface area contributed by atoms with E-state index in [0.29, 0.717) is 28.4 Å². The molecule has 3 rings (SSSR count). The Morgan fingerprint density at radius 2 is 1.85 bits per heavy atom. The number of nitrogens with one attached hydrogen (secondary N) is 2. The summed E-state index contributed by atoms with van der Waals surface area (Å²) in [7, 11) is 0. The highest BCUT2D eigenvalue weighted by Gasteiger charge is 2.28. The van der Waals surface area contributed by atoms with Crippen molar-refractivity contribution < 1.29 is 22.8 Å². The van der Waals surface area contributed by atoms with Gasteiger partial charge in [-0.15, -0.1) is 10.2 Å². The van der Waals surface area contributed by atoms with Crippen molar-refractivity contribution >= 4 is 29.1 Å². The summed E-state index contributed by atoms with van der Waals surface area (Å²) in [6, 6.07) is 10.2. The van der Waals surface area contributed by atoms with Crippen molar-refractivity contribution in [1.29, 1.82) is 0 Å². The third-order valence-corrected chi connectivity index (χ3v) is 4.96. The van der Waals surface area contributed by atoms with E-state index in [0.717, 1.165) is 0 Å². The maximum absolute atomic E-state index is 12.9. The number of aryl methyl sites for hydroxylation is 1. The fourth-order valence-electron chi connectivity index (χ4n) is 2.92. The Morgan fingerprint density at radius 3 is 2.48 bits per heavy atom. The molecule has 3 aromatic rings. The molecule has 1 heterocycles. The number of carbonyl (C=O) groups excluding carboxylic acids is 2. The lowest BCUT2D eigenvalue weighted by atomic mass is 10.1. The molecule has 2 amide bonds. The molecule has 0 aliphatic heterocycles. The number of amides is 2. The maximum Gasteiger partial charge on any atom is 0.405 e. The van der Waals surface area contributed by atoms with Crippen LogP contribution < -0.4 is 10.6 Å². The molecular weight excluding hydrogens is 461 g/mol. The van der Waals surface area contributed by atoms with Crippen molar-refractivity contribution in [3.8, 4) is 11.4 Å². The molecule has 0 radical (unpaired) electrons. The molecule has 8 nitrogen and oxygen atoms in total. The molecule has 0 bridgehead atoms. The first-order chi connectivity index (χ1) is 15.6. The largest absolute Gasteiger partial charge is 0.405 e. The number of rotatable bonds is 7. The fraction of sp³-hybridized carbons (Fsp3) is 0.286. The van der Waals surface area contributed by atoms with Gasteiger partial charge in [-0.1, -0.05) is 24.6 Å². The predicted octanol–water partition coefficient (Wildman–Crippen LogP) is 4.18. The summed E-state index contributed by atoms with van der Waals surface area (Å²) in [5.74, 6) is -1.05. The minimum atomic E-state index is -4.53. The van der Waals surface area contributed by atoms with Gasteiger partial charge in [-0.25, -0.2) is 0 Å². The molecule has 1 aromatic heterocycles. The van der Waals surface area contributed by atoms with E-state index < -0.39 is 30.6 Å². The summed E-state index contributed by atoms with van der Waals surface area (Å²) in [5, 5.41) is 17.3. The Kier molecular flexibility index (Phi) is 7.32. The van der Waals surface area contributed by atoms with Crippen LogP contribution in [0.3, 0.4) is 0 Å². The Bertz CT molecular complexity index is 1150. The third-order valence-electron chi connectivity index (χ3n) is 4.71. The van der Waals surface area contributed by atoms with Crippen LogP contribution in [0, 0.1) is 6.92 Å². The van der Waals surface area contributed by atoms with Crippen LogP contribution in [0.5, 0.6) is 0 Å². The average molecular weight is 481 g/mol. The summed E-state index contributed by atoms with van der Waals surface area (Å²) in [5.41, 5.74) is 1.57. The van der Waals surface area contributed by atoms with Gasteiger partial charge in [-0.3, -0.25) is 9.59 Å². The highest BCUT2D eigenvalue weighted by Crippen LogP contribution is 2.22. The molecule has 174 valence electrons. The Morgan fingerprint density at radius 1 is 1.15 bits per heavy atom. The maximum atomic E-state index is 12.9. The van der Waals surface area contributed by atoms with Gasteiger partial charge in [-0.2, -0.15) is 18.0 Å². The van der Waals surface area contributed by atoms with Gasteiger partial charge in [0.05, 0.1) is 0 Å². The molecular formula is C21H20ClF3N6O2. The monoisotopic (exact) mass is 480 g/mol. The number of alkyl halides is 3. The predicted molar refractivity (Wildman–Crippen MR) is 116 cm³/mol. The SMILES string of the molecule is CCC(C(=O)Nc1cc(C(=O)NCC(F)(F)F)ccc1C)n1nnc(-c2ccc(Cl)cc2)n1. The normalized spacial score (nSPS) is 12.3.